The SMILES string of the molecule is C/C(Cl)=C\[CH2][Pb]([c]1ccccc1)([c]1ccccc1)[c]1ccccc1. The Morgan fingerprint density at radius 3 is 1.33 bits per heavy atom. The van der Waals surface area contributed by atoms with Gasteiger partial charge in [0.1, 0.15) is 0 Å². The van der Waals surface area contributed by atoms with E-state index in [2.05, 4.69) is 97.1 Å². The number of hydrogen-bond donors (Lipinski definition) is 0. The second-order valence-corrected chi connectivity index (χ2v) is 22.0. The monoisotopic (exact) mass is 528 g/mol. The summed E-state index contributed by atoms with van der Waals surface area (Å²) in [5.41, 5.74) is 0. The third-order valence-electron chi connectivity index (χ3n) is 4.49. The maximum absolute atomic E-state index is 6.24. The zero-order valence-corrected chi connectivity index (χ0v) is 18.5. The number of halogens is 1. The van der Waals surface area contributed by atoms with Gasteiger partial charge >= 0.3 is 155 Å². The van der Waals surface area contributed by atoms with E-state index in [9.17, 15) is 0 Å². The molecule has 0 saturated carbocycles. The molecule has 3 rings (SSSR count). The van der Waals surface area contributed by atoms with Gasteiger partial charge in [-0.05, 0) is 0 Å². The van der Waals surface area contributed by atoms with Crippen molar-refractivity contribution >= 4 is 42.1 Å². The van der Waals surface area contributed by atoms with E-state index in [0.717, 1.165) is 9.01 Å². The fourth-order valence-corrected chi connectivity index (χ4v) is 21.8. The summed E-state index contributed by atoms with van der Waals surface area (Å²) in [4.78, 5) is 0. The van der Waals surface area contributed by atoms with Gasteiger partial charge in [-0.3, -0.25) is 0 Å². The van der Waals surface area contributed by atoms with Crippen molar-refractivity contribution in [2.75, 3.05) is 0 Å². The molecular formula is C22H21ClPb. The van der Waals surface area contributed by atoms with Gasteiger partial charge in [0.2, 0.25) is 0 Å². The molecule has 0 aromatic heterocycles. The van der Waals surface area contributed by atoms with Crippen LogP contribution in [-0.4, -0.2) is 21.2 Å². The average Bonchev–Trinajstić information content (AvgIpc) is 2.65. The van der Waals surface area contributed by atoms with Gasteiger partial charge in [-0.15, -0.1) is 0 Å². The van der Waals surface area contributed by atoms with Gasteiger partial charge in [0.25, 0.3) is 0 Å². The van der Waals surface area contributed by atoms with E-state index in [0.29, 0.717) is 0 Å². The van der Waals surface area contributed by atoms with Crippen molar-refractivity contribution in [2.24, 2.45) is 0 Å². The first kappa shape index (κ1) is 17.4. The minimum absolute atomic E-state index is 0.877. The second-order valence-electron chi connectivity index (χ2n) is 6.00. The molecule has 0 atom stereocenters. The molecule has 2 heteroatoms. The van der Waals surface area contributed by atoms with Gasteiger partial charge < -0.3 is 0 Å². The van der Waals surface area contributed by atoms with Crippen molar-refractivity contribution in [1.82, 2.24) is 0 Å². The molecule has 3 aromatic carbocycles. The first-order chi connectivity index (χ1) is 11.7. The molecule has 0 N–H and O–H groups in total. The molecular weight excluding hydrogens is 507 g/mol. The van der Waals surface area contributed by atoms with Crippen LogP contribution in [0.2, 0.25) is 3.98 Å². The van der Waals surface area contributed by atoms with Crippen LogP contribution < -0.4 is 9.37 Å². The Bertz CT molecular complexity index is 694. The van der Waals surface area contributed by atoms with E-state index in [-0.39, 0.29) is 0 Å². The number of rotatable bonds is 5. The van der Waals surface area contributed by atoms with Crippen molar-refractivity contribution in [3.8, 4) is 0 Å². The summed E-state index contributed by atoms with van der Waals surface area (Å²) in [6.07, 6.45) is 2.22. The molecule has 0 amide bonds. The van der Waals surface area contributed by atoms with E-state index in [4.69, 9.17) is 11.6 Å². The van der Waals surface area contributed by atoms with Crippen molar-refractivity contribution in [2.45, 2.75) is 10.9 Å². The van der Waals surface area contributed by atoms with E-state index >= 15 is 0 Å². The summed E-state index contributed by atoms with van der Waals surface area (Å²) < 4.78 is 5.53. The second kappa shape index (κ2) is 8.13. The number of benzene rings is 3. The molecule has 0 spiro atoms. The molecule has 0 saturated heterocycles. The Balaban J connectivity index is 2.30. The van der Waals surface area contributed by atoms with Crippen molar-refractivity contribution in [1.29, 1.82) is 0 Å². The van der Waals surface area contributed by atoms with Crippen LogP contribution in [0.5, 0.6) is 0 Å². The van der Waals surface area contributed by atoms with Gasteiger partial charge in [0, 0.05) is 0 Å². The maximum atomic E-state index is 6.24. The number of allylic oxidation sites excluding steroid dienone is 2. The van der Waals surface area contributed by atoms with Crippen LogP contribution in [-0.2, 0) is 0 Å². The summed E-state index contributed by atoms with van der Waals surface area (Å²) in [7, 11) is 0. The summed E-state index contributed by atoms with van der Waals surface area (Å²) in [5, 5.41) is 0.877. The summed E-state index contributed by atoms with van der Waals surface area (Å²) in [6.45, 7) is 1.97. The van der Waals surface area contributed by atoms with Crippen molar-refractivity contribution < 1.29 is 0 Å². The predicted molar refractivity (Wildman–Crippen MR) is 108 cm³/mol. The molecule has 0 aliphatic heterocycles. The van der Waals surface area contributed by atoms with Gasteiger partial charge in [-0.2, -0.15) is 0 Å². The first-order valence-corrected chi connectivity index (χ1v) is 17.2. The molecule has 0 aliphatic carbocycles. The van der Waals surface area contributed by atoms with Crippen LogP contribution in [0.1, 0.15) is 6.92 Å². The molecule has 0 heterocycles. The van der Waals surface area contributed by atoms with E-state index in [1.54, 1.807) is 0 Å². The zero-order valence-electron chi connectivity index (χ0n) is 13.8. The molecule has 3 aromatic rings. The predicted octanol–water partition coefficient (Wildman–Crippen LogP) is 4.30. The van der Waals surface area contributed by atoms with Crippen LogP contribution >= 0.6 is 11.6 Å². The topological polar surface area (TPSA) is 0 Å². The molecule has 0 unspecified atom stereocenters. The summed E-state index contributed by atoms with van der Waals surface area (Å²) in [5.74, 6) is 0. The Morgan fingerprint density at radius 1 is 0.708 bits per heavy atom. The Kier molecular flexibility index (Phi) is 5.90. The minimum atomic E-state index is -3.29. The summed E-state index contributed by atoms with van der Waals surface area (Å²) in [6, 6.07) is 33.1. The van der Waals surface area contributed by atoms with Crippen LogP contribution in [0, 0.1) is 0 Å². The average molecular weight is 528 g/mol. The van der Waals surface area contributed by atoms with Gasteiger partial charge in [-0.25, -0.2) is 0 Å². The van der Waals surface area contributed by atoms with Gasteiger partial charge in [-0.1, -0.05) is 0 Å². The van der Waals surface area contributed by atoms with Gasteiger partial charge in [0.05, 0.1) is 0 Å². The zero-order chi connectivity index (χ0) is 16.8. The van der Waals surface area contributed by atoms with Crippen molar-refractivity contribution in [3.05, 3.63) is 102 Å². The van der Waals surface area contributed by atoms with E-state index in [1.165, 1.54) is 9.37 Å². The molecule has 0 bridgehead atoms. The first-order valence-electron chi connectivity index (χ1n) is 8.22. The molecule has 0 aliphatic rings. The van der Waals surface area contributed by atoms with Gasteiger partial charge in [0.15, 0.2) is 0 Å². The van der Waals surface area contributed by atoms with E-state index in [1.807, 2.05) is 6.92 Å². The van der Waals surface area contributed by atoms with Crippen LogP contribution in [0.25, 0.3) is 0 Å². The standard InChI is InChI=1S/3C6H5.C4H6Cl.Pb/c3*1-2-4-6-5-3-1;1-3-4(2)5;/h3*1-5H;3H,1H2,2H3;/b;;;4-3+;. The van der Waals surface area contributed by atoms with Crippen LogP contribution in [0.4, 0.5) is 0 Å². The normalized spacial score (nSPS) is 12.2. The van der Waals surface area contributed by atoms with Crippen LogP contribution in [0.3, 0.4) is 0 Å². The molecule has 0 nitrogen and oxygen atoms in total. The fraction of sp³-hybridized carbons (Fsp3) is 0.0909. The molecule has 24 heavy (non-hydrogen) atoms. The summed E-state index contributed by atoms with van der Waals surface area (Å²) >= 11 is 2.96. The Labute approximate surface area is 154 Å². The third kappa shape index (κ3) is 3.65. The Hall–Kier alpha value is -1.39. The van der Waals surface area contributed by atoms with E-state index < -0.39 is 21.2 Å². The number of hydrogen-bond acceptors (Lipinski definition) is 0. The molecule has 0 radical (unpaired) electrons. The Morgan fingerprint density at radius 2 is 1.04 bits per heavy atom. The fourth-order valence-electron chi connectivity index (χ4n) is 3.32. The molecule has 120 valence electrons. The third-order valence-corrected chi connectivity index (χ3v) is 23.2. The molecule has 0 fully saturated rings. The van der Waals surface area contributed by atoms with Crippen molar-refractivity contribution in [3.63, 3.8) is 0 Å². The quantitative estimate of drug-likeness (QED) is 0.434. The van der Waals surface area contributed by atoms with Crippen LogP contribution in [0.15, 0.2) is 102 Å².